The molecule has 0 spiro atoms. The first-order valence-corrected chi connectivity index (χ1v) is 12.0. The highest BCUT2D eigenvalue weighted by molar-refractivity contribution is 7.85. The van der Waals surface area contributed by atoms with Gasteiger partial charge in [0.05, 0.1) is 10.2 Å². The number of nitrogens with zero attached hydrogens (tertiary/aromatic N) is 1. The van der Waals surface area contributed by atoms with Crippen LogP contribution in [0.2, 0.25) is 0 Å². The fourth-order valence-electron chi connectivity index (χ4n) is 3.62. The van der Waals surface area contributed by atoms with Gasteiger partial charge in [0.25, 0.3) is 0 Å². The molecule has 140 valence electrons. The summed E-state index contributed by atoms with van der Waals surface area (Å²) in [6.45, 7) is 0. The Morgan fingerprint density at radius 2 is 1.17 bits per heavy atom. The number of fused-ring (bicyclic) bond motifs is 1. The molecule has 1 heterocycles. The molecule has 0 bridgehead atoms. The van der Waals surface area contributed by atoms with Crippen LogP contribution >= 0.6 is 18.5 Å². The molecule has 0 unspecified atom stereocenters. The lowest BCUT2D eigenvalue weighted by atomic mass is 10.2. The van der Waals surface area contributed by atoms with E-state index in [4.69, 9.17) is 4.98 Å². The molecule has 0 fully saturated rings. The van der Waals surface area contributed by atoms with E-state index in [1.54, 1.807) is 11.3 Å². The Balaban J connectivity index is 1.80. The number of benzene rings is 4. The van der Waals surface area contributed by atoms with Gasteiger partial charge in [-0.3, -0.25) is 0 Å². The summed E-state index contributed by atoms with van der Waals surface area (Å²) in [6.07, 6.45) is 0. The van der Waals surface area contributed by atoms with Crippen molar-refractivity contribution in [1.82, 2.24) is 4.98 Å². The van der Waals surface area contributed by atoms with Crippen LogP contribution in [-0.2, 0) is 4.57 Å². The second-order valence-corrected chi connectivity index (χ2v) is 10.5. The number of aromatic nitrogens is 1. The number of para-hydroxylation sites is 1. The van der Waals surface area contributed by atoms with Crippen LogP contribution in [0.25, 0.3) is 20.8 Å². The van der Waals surface area contributed by atoms with Crippen molar-refractivity contribution >= 4 is 44.6 Å². The summed E-state index contributed by atoms with van der Waals surface area (Å²) in [5, 5.41) is 3.39. The Labute approximate surface area is 173 Å². The second kappa shape index (κ2) is 7.44. The SMILES string of the molecule is O=P(c1ccccc1)(c1ccccc1)c1ccccc1-c1nc2ccccc2s1. The van der Waals surface area contributed by atoms with E-state index in [-0.39, 0.29) is 0 Å². The van der Waals surface area contributed by atoms with E-state index < -0.39 is 7.14 Å². The maximum Gasteiger partial charge on any atom is 0.171 e. The van der Waals surface area contributed by atoms with Gasteiger partial charge >= 0.3 is 0 Å². The summed E-state index contributed by atoms with van der Waals surface area (Å²) >= 11 is 1.64. The van der Waals surface area contributed by atoms with Gasteiger partial charge in [-0.25, -0.2) is 4.98 Å². The molecule has 0 amide bonds. The molecule has 0 aliphatic heterocycles. The van der Waals surface area contributed by atoms with Crippen LogP contribution in [0.1, 0.15) is 0 Å². The number of hydrogen-bond acceptors (Lipinski definition) is 3. The van der Waals surface area contributed by atoms with Crippen molar-refractivity contribution in [2.24, 2.45) is 0 Å². The van der Waals surface area contributed by atoms with Gasteiger partial charge in [-0.2, -0.15) is 0 Å². The molecular formula is C25H18NOPS. The Hall–Kier alpha value is -3.00. The van der Waals surface area contributed by atoms with E-state index in [0.29, 0.717) is 0 Å². The van der Waals surface area contributed by atoms with Crippen molar-refractivity contribution in [3.8, 4) is 10.6 Å². The highest BCUT2D eigenvalue weighted by atomic mass is 32.1. The summed E-state index contributed by atoms with van der Waals surface area (Å²) < 4.78 is 15.9. The molecular weight excluding hydrogens is 393 g/mol. The lowest BCUT2D eigenvalue weighted by Gasteiger charge is -2.22. The van der Waals surface area contributed by atoms with Gasteiger partial charge in [0.1, 0.15) is 5.01 Å². The number of thiazole rings is 1. The molecule has 0 saturated heterocycles. The van der Waals surface area contributed by atoms with Crippen LogP contribution in [0.3, 0.4) is 0 Å². The highest BCUT2D eigenvalue weighted by Gasteiger charge is 2.32. The molecule has 0 saturated carbocycles. The predicted molar refractivity (Wildman–Crippen MR) is 124 cm³/mol. The largest absolute Gasteiger partial charge is 0.309 e. The van der Waals surface area contributed by atoms with Crippen molar-refractivity contribution < 1.29 is 4.57 Å². The zero-order chi connectivity index (χ0) is 19.7. The molecule has 29 heavy (non-hydrogen) atoms. The normalized spacial score (nSPS) is 11.6. The van der Waals surface area contributed by atoms with Gasteiger partial charge in [-0.1, -0.05) is 97.1 Å². The van der Waals surface area contributed by atoms with E-state index in [0.717, 1.165) is 36.7 Å². The molecule has 0 aliphatic rings. The Kier molecular flexibility index (Phi) is 4.63. The van der Waals surface area contributed by atoms with Crippen molar-refractivity contribution in [2.45, 2.75) is 0 Å². The van der Waals surface area contributed by atoms with Crippen LogP contribution in [0.4, 0.5) is 0 Å². The lowest BCUT2D eigenvalue weighted by Crippen LogP contribution is -2.26. The quantitative estimate of drug-likeness (QED) is 0.360. The summed E-state index contributed by atoms with van der Waals surface area (Å²) in [5.74, 6) is 0. The van der Waals surface area contributed by atoms with Crippen molar-refractivity contribution in [2.75, 3.05) is 0 Å². The van der Waals surface area contributed by atoms with Crippen molar-refractivity contribution in [1.29, 1.82) is 0 Å². The number of rotatable bonds is 4. The first kappa shape index (κ1) is 18.1. The molecule has 0 aliphatic carbocycles. The van der Waals surface area contributed by atoms with Gasteiger partial charge in [0.2, 0.25) is 0 Å². The van der Waals surface area contributed by atoms with Gasteiger partial charge in [-0.15, -0.1) is 11.3 Å². The molecule has 0 radical (unpaired) electrons. The lowest BCUT2D eigenvalue weighted by molar-refractivity contribution is 0.592. The number of hydrogen-bond donors (Lipinski definition) is 0. The van der Waals surface area contributed by atoms with Gasteiger partial charge < -0.3 is 4.57 Å². The minimum atomic E-state index is -3.06. The third-order valence-electron chi connectivity index (χ3n) is 5.01. The Bertz CT molecular complexity index is 1250. The molecule has 0 atom stereocenters. The fourth-order valence-corrected chi connectivity index (χ4v) is 7.55. The minimum Gasteiger partial charge on any atom is -0.309 e. The van der Waals surface area contributed by atoms with Crippen molar-refractivity contribution in [3.05, 3.63) is 109 Å². The van der Waals surface area contributed by atoms with Crippen molar-refractivity contribution in [3.63, 3.8) is 0 Å². The first-order chi connectivity index (χ1) is 14.3. The molecule has 4 aromatic carbocycles. The topological polar surface area (TPSA) is 30.0 Å². The minimum absolute atomic E-state index is 0.830. The Morgan fingerprint density at radius 3 is 1.83 bits per heavy atom. The third kappa shape index (κ3) is 3.13. The van der Waals surface area contributed by atoms with Gasteiger partial charge in [0.15, 0.2) is 7.14 Å². The average Bonchev–Trinajstić information content (AvgIpc) is 3.24. The predicted octanol–water partition coefficient (Wildman–Crippen LogP) is 5.60. The summed E-state index contributed by atoms with van der Waals surface area (Å²) in [4.78, 5) is 4.84. The molecule has 5 aromatic rings. The van der Waals surface area contributed by atoms with E-state index in [1.807, 2.05) is 103 Å². The third-order valence-corrected chi connectivity index (χ3v) is 9.20. The van der Waals surface area contributed by atoms with E-state index >= 15 is 0 Å². The standard InChI is InChI=1S/C25H18NOPS/c27-28(19-11-3-1-4-12-19,20-13-5-2-6-14-20)23-17-9-7-15-21(23)25-26-22-16-8-10-18-24(22)29-25/h1-18H. The van der Waals surface area contributed by atoms with Crippen LogP contribution in [-0.4, -0.2) is 4.98 Å². The fraction of sp³-hybridized carbons (Fsp3) is 0. The molecule has 4 heteroatoms. The monoisotopic (exact) mass is 411 g/mol. The molecule has 2 nitrogen and oxygen atoms in total. The van der Waals surface area contributed by atoms with E-state index in [1.165, 1.54) is 0 Å². The highest BCUT2D eigenvalue weighted by Crippen LogP contribution is 2.45. The van der Waals surface area contributed by atoms with Gasteiger partial charge in [-0.05, 0) is 12.1 Å². The summed E-state index contributed by atoms with van der Waals surface area (Å²) in [6, 6.07) is 35.6. The zero-order valence-electron chi connectivity index (χ0n) is 15.6. The summed E-state index contributed by atoms with van der Waals surface area (Å²) in [7, 11) is -3.06. The Morgan fingerprint density at radius 1 is 0.621 bits per heavy atom. The average molecular weight is 411 g/mol. The van der Waals surface area contributed by atoms with Crippen LogP contribution in [0.15, 0.2) is 109 Å². The molecule has 0 N–H and O–H groups in total. The van der Waals surface area contributed by atoms with Crippen LogP contribution in [0.5, 0.6) is 0 Å². The molecule has 5 rings (SSSR count). The maximum absolute atomic E-state index is 14.8. The van der Waals surface area contributed by atoms with E-state index in [9.17, 15) is 4.57 Å². The second-order valence-electron chi connectivity index (χ2n) is 6.78. The first-order valence-electron chi connectivity index (χ1n) is 9.43. The van der Waals surface area contributed by atoms with Crippen LogP contribution < -0.4 is 15.9 Å². The molecule has 1 aromatic heterocycles. The smallest absolute Gasteiger partial charge is 0.171 e. The zero-order valence-corrected chi connectivity index (χ0v) is 17.3. The van der Waals surface area contributed by atoms with E-state index in [2.05, 4.69) is 6.07 Å². The van der Waals surface area contributed by atoms with Crippen LogP contribution in [0, 0.1) is 0 Å². The van der Waals surface area contributed by atoms with Gasteiger partial charge in [0, 0.05) is 21.5 Å². The summed E-state index contributed by atoms with van der Waals surface area (Å²) in [5.41, 5.74) is 1.90. The maximum atomic E-state index is 14.8.